The standard InChI is InChI=1S/C34H41F4N3O7/c1-6-45-25-17-21-18-41(31(39)27(21)28(35)30(25)46-7-2)19-24(42)20-15-22(33(3,4)5)29(23(16-20)40-12-8-9-13-40)47-14-10-11-26(43)48-32(44)34(36,37)38/h15-17,39H,6-14,18-19H2,1-5H3. The lowest BCUT2D eigenvalue weighted by molar-refractivity contribution is -0.201. The summed E-state index contributed by atoms with van der Waals surface area (Å²) >= 11 is 0. The average Bonchev–Trinajstić information content (AvgIpc) is 3.64. The highest BCUT2D eigenvalue weighted by Crippen LogP contribution is 2.42. The van der Waals surface area contributed by atoms with Gasteiger partial charge in [-0.3, -0.25) is 15.0 Å². The van der Waals surface area contributed by atoms with Gasteiger partial charge in [0, 0.05) is 37.2 Å². The molecule has 0 radical (unpaired) electrons. The first-order valence-electron chi connectivity index (χ1n) is 15.9. The van der Waals surface area contributed by atoms with Crippen molar-refractivity contribution in [2.24, 2.45) is 0 Å². The number of nitrogens with one attached hydrogen (secondary N) is 1. The summed E-state index contributed by atoms with van der Waals surface area (Å²) in [4.78, 5) is 40.2. The van der Waals surface area contributed by atoms with Crippen LogP contribution in [0.25, 0.3) is 0 Å². The highest BCUT2D eigenvalue weighted by Gasteiger charge is 2.42. The van der Waals surface area contributed by atoms with Gasteiger partial charge in [0.1, 0.15) is 11.6 Å². The van der Waals surface area contributed by atoms with Gasteiger partial charge >= 0.3 is 18.1 Å². The number of halogens is 4. The number of anilines is 1. The van der Waals surface area contributed by atoms with E-state index in [9.17, 15) is 27.6 Å². The first-order chi connectivity index (χ1) is 22.6. The Morgan fingerprint density at radius 2 is 1.60 bits per heavy atom. The second-order valence-corrected chi connectivity index (χ2v) is 12.6. The molecule has 0 amide bonds. The molecule has 0 atom stereocenters. The van der Waals surface area contributed by atoms with E-state index in [1.165, 1.54) is 4.90 Å². The molecule has 0 aliphatic carbocycles. The van der Waals surface area contributed by atoms with Gasteiger partial charge < -0.3 is 28.7 Å². The molecule has 2 heterocycles. The molecule has 2 aromatic carbocycles. The molecule has 0 aromatic heterocycles. The van der Waals surface area contributed by atoms with E-state index in [1.54, 1.807) is 32.0 Å². The number of amidine groups is 1. The Hall–Kier alpha value is -4.36. The molecule has 0 spiro atoms. The highest BCUT2D eigenvalue weighted by molar-refractivity contribution is 6.06. The number of alkyl halides is 3. The number of hydrogen-bond acceptors (Lipinski definition) is 9. The van der Waals surface area contributed by atoms with Crippen LogP contribution >= 0.6 is 0 Å². The molecule has 1 N–H and O–H groups in total. The summed E-state index contributed by atoms with van der Waals surface area (Å²) in [6, 6.07) is 5.10. The number of esters is 2. The molecule has 0 bridgehead atoms. The fourth-order valence-electron chi connectivity index (χ4n) is 5.70. The van der Waals surface area contributed by atoms with Crippen molar-refractivity contribution in [3.63, 3.8) is 0 Å². The first-order valence-corrected chi connectivity index (χ1v) is 15.9. The number of Topliss-reactive ketones (excluding diaryl/α,β-unsaturated/α-hetero) is 1. The lowest BCUT2D eigenvalue weighted by atomic mass is 9.84. The third-order valence-electron chi connectivity index (χ3n) is 7.96. The number of nitrogens with zero attached hydrogens (tertiary/aromatic N) is 2. The van der Waals surface area contributed by atoms with Crippen molar-refractivity contribution in [3.05, 3.63) is 46.3 Å². The van der Waals surface area contributed by atoms with E-state index in [0.717, 1.165) is 12.8 Å². The molecule has 1 fully saturated rings. The quantitative estimate of drug-likeness (QED) is 0.0851. The van der Waals surface area contributed by atoms with Crippen molar-refractivity contribution >= 4 is 29.2 Å². The predicted octanol–water partition coefficient (Wildman–Crippen LogP) is 6.34. The zero-order chi connectivity index (χ0) is 35.4. The summed E-state index contributed by atoms with van der Waals surface area (Å²) in [5.74, 6) is -4.35. The van der Waals surface area contributed by atoms with Crippen LogP contribution in [0.5, 0.6) is 17.2 Å². The maximum Gasteiger partial charge on any atom is 0.491 e. The van der Waals surface area contributed by atoms with Crippen LogP contribution in [-0.2, 0) is 26.3 Å². The van der Waals surface area contributed by atoms with Crippen molar-refractivity contribution in [1.29, 1.82) is 5.41 Å². The predicted molar refractivity (Wildman–Crippen MR) is 169 cm³/mol. The number of hydrogen-bond donors (Lipinski definition) is 1. The van der Waals surface area contributed by atoms with E-state index in [4.69, 9.17) is 19.6 Å². The van der Waals surface area contributed by atoms with Gasteiger partial charge in [-0.15, -0.1) is 0 Å². The topological polar surface area (TPSA) is 118 Å². The van der Waals surface area contributed by atoms with E-state index in [1.807, 2.05) is 20.8 Å². The molecule has 14 heteroatoms. The van der Waals surface area contributed by atoms with Crippen LogP contribution in [0.1, 0.15) is 87.4 Å². The van der Waals surface area contributed by atoms with Crippen molar-refractivity contribution < 1.29 is 50.9 Å². The van der Waals surface area contributed by atoms with Crippen molar-refractivity contribution in [3.8, 4) is 17.2 Å². The Labute approximate surface area is 276 Å². The smallest absolute Gasteiger partial charge is 0.491 e. The SMILES string of the molecule is CCOc1cc2c(c(F)c1OCC)C(=N)N(CC(=O)c1cc(N3CCCC3)c(OCCCC(=O)OC(=O)C(F)(F)F)c(C(C)(C)C)c1)C2. The lowest BCUT2D eigenvalue weighted by Crippen LogP contribution is -2.31. The summed E-state index contributed by atoms with van der Waals surface area (Å²) in [7, 11) is 0. The van der Waals surface area contributed by atoms with Crippen LogP contribution in [-0.4, -0.2) is 74.1 Å². The van der Waals surface area contributed by atoms with Crippen LogP contribution in [0, 0.1) is 11.2 Å². The molecule has 10 nitrogen and oxygen atoms in total. The fourth-order valence-corrected chi connectivity index (χ4v) is 5.70. The Balaban J connectivity index is 1.57. The number of ketones is 1. The van der Waals surface area contributed by atoms with Gasteiger partial charge in [-0.25, -0.2) is 9.18 Å². The van der Waals surface area contributed by atoms with Crippen molar-refractivity contribution in [1.82, 2.24) is 4.90 Å². The second kappa shape index (κ2) is 14.8. The largest absolute Gasteiger partial charge is 0.491 e. The van der Waals surface area contributed by atoms with Crippen LogP contribution in [0.15, 0.2) is 18.2 Å². The van der Waals surface area contributed by atoms with Crippen LogP contribution < -0.4 is 19.1 Å². The Morgan fingerprint density at radius 3 is 2.21 bits per heavy atom. The minimum absolute atomic E-state index is 0.0160. The maximum atomic E-state index is 15.6. The summed E-state index contributed by atoms with van der Waals surface area (Å²) in [5, 5.41) is 8.73. The maximum absolute atomic E-state index is 15.6. The molecule has 1 saturated heterocycles. The lowest BCUT2D eigenvalue weighted by Gasteiger charge is -2.30. The number of carbonyl (C=O) groups excluding carboxylic acids is 3. The summed E-state index contributed by atoms with van der Waals surface area (Å²) < 4.78 is 74.0. The average molecular weight is 680 g/mol. The number of carbonyl (C=O) groups is 3. The van der Waals surface area contributed by atoms with Gasteiger partial charge in [-0.2, -0.15) is 13.2 Å². The minimum atomic E-state index is -5.27. The Bertz CT molecular complexity index is 1560. The zero-order valence-corrected chi connectivity index (χ0v) is 27.8. The van der Waals surface area contributed by atoms with Gasteiger partial charge in [0.25, 0.3) is 0 Å². The number of rotatable bonds is 13. The van der Waals surface area contributed by atoms with Crippen LogP contribution in [0.2, 0.25) is 0 Å². The molecule has 0 unspecified atom stereocenters. The van der Waals surface area contributed by atoms with Gasteiger partial charge in [0.05, 0.1) is 37.6 Å². The van der Waals surface area contributed by atoms with Crippen LogP contribution in [0.3, 0.4) is 0 Å². The second-order valence-electron chi connectivity index (χ2n) is 12.6. The summed E-state index contributed by atoms with van der Waals surface area (Å²) in [5.41, 5.74) is 1.78. The number of benzene rings is 2. The molecule has 2 aromatic rings. The molecule has 262 valence electrons. The van der Waals surface area contributed by atoms with E-state index < -0.39 is 35.8 Å². The molecule has 4 rings (SSSR count). The highest BCUT2D eigenvalue weighted by atomic mass is 19.4. The van der Waals surface area contributed by atoms with Crippen LogP contribution in [0.4, 0.5) is 23.2 Å². The van der Waals surface area contributed by atoms with Crippen molar-refractivity contribution in [2.45, 2.75) is 78.4 Å². The molecular weight excluding hydrogens is 638 g/mol. The van der Waals surface area contributed by atoms with E-state index in [-0.39, 0.29) is 61.4 Å². The zero-order valence-electron chi connectivity index (χ0n) is 27.8. The van der Waals surface area contributed by atoms with Crippen molar-refractivity contribution in [2.75, 3.05) is 44.4 Å². The third-order valence-corrected chi connectivity index (χ3v) is 7.96. The molecule has 2 aliphatic rings. The fraction of sp³-hybridized carbons (Fsp3) is 0.529. The Kier molecular flexibility index (Phi) is 11.3. The third kappa shape index (κ3) is 8.19. The molecule has 48 heavy (non-hydrogen) atoms. The van der Waals surface area contributed by atoms with Gasteiger partial charge in [-0.05, 0) is 62.3 Å². The van der Waals surface area contributed by atoms with E-state index >= 15 is 4.39 Å². The van der Waals surface area contributed by atoms with Gasteiger partial charge in [0.2, 0.25) is 0 Å². The summed E-state index contributed by atoms with van der Waals surface area (Å²) in [6.45, 7) is 11.1. The van der Waals surface area contributed by atoms with Gasteiger partial charge in [0.15, 0.2) is 23.1 Å². The minimum Gasteiger partial charge on any atom is -0.491 e. The Morgan fingerprint density at radius 1 is 0.938 bits per heavy atom. The number of ether oxygens (including phenoxy) is 4. The number of fused-ring (bicyclic) bond motifs is 1. The molecule has 0 saturated carbocycles. The van der Waals surface area contributed by atoms with Gasteiger partial charge in [-0.1, -0.05) is 20.8 Å². The first kappa shape index (κ1) is 36.5. The van der Waals surface area contributed by atoms with E-state index in [2.05, 4.69) is 9.64 Å². The van der Waals surface area contributed by atoms with E-state index in [0.29, 0.717) is 47.8 Å². The summed E-state index contributed by atoms with van der Waals surface area (Å²) in [6.07, 6.45) is -3.91. The molecule has 2 aliphatic heterocycles. The monoisotopic (exact) mass is 679 g/mol. The molecular formula is C34H41F4N3O7. The normalized spacial score (nSPS) is 14.6.